The number of nitrogens with one attached hydrogen (secondary N) is 2. The molecule has 0 aliphatic carbocycles. The summed E-state index contributed by atoms with van der Waals surface area (Å²) < 4.78 is 10.5. The second kappa shape index (κ2) is 12.5. The van der Waals surface area contributed by atoms with Crippen LogP contribution in [0.3, 0.4) is 0 Å². The Morgan fingerprint density at radius 3 is 2.64 bits per heavy atom. The molecule has 0 saturated carbocycles. The molecule has 9 nitrogen and oxygen atoms in total. The number of aromatic nitrogens is 2. The van der Waals surface area contributed by atoms with Crippen molar-refractivity contribution in [3.05, 3.63) is 65.4 Å². The van der Waals surface area contributed by atoms with Gasteiger partial charge in [-0.1, -0.05) is 12.1 Å². The van der Waals surface area contributed by atoms with E-state index in [-0.39, 0.29) is 24.8 Å². The lowest BCUT2D eigenvalue weighted by Gasteiger charge is -2.21. The number of methoxy groups -OCH3 is 2. The number of rotatable bonds is 12. The zero-order chi connectivity index (χ0) is 23.5. The van der Waals surface area contributed by atoms with Crippen LogP contribution in [0.4, 0.5) is 10.8 Å². The number of hydrogen-bond donors (Lipinski definition) is 2. The fourth-order valence-electron chi connectivity index (χ4n) is 3.00. The van der Waals surface area contributed by atoms with Gasteiger partial charge in [-0.25, -0.2) is 4.98 Å². The Morgan fingerprint density at radius 2 is 1.88 bits per heavy atom. The molecule has 0 unspecified atom stereocenters. The molecule has 2 heterocycles. The number of pyridine rings is 1. The minimum absolute atomic E-state index is 0.140. The number of thiazole rings is 1. The van der Waals surface area contributed by atoms with Crippen molar-refractivity contribution in [3.63, 3.8) is 0 Å². The van der Waals surface area contributed by atoms with Crippen LogP contribution in [0, 0.1) is 0 Å². The third-order valence-electron chi connectivity index (χ3n) is 4.77. The van der Waals surface area contributed by atoms with Crippen LogP contribution in [0.1, 0.15) is 22.5 Å². The first-order chi connectivity index (χ1) is 16.1. The Morgan fingerprint density at radius 1 is 1.09 bits per heavy atom. The lowest BCUT2D eigenvalue weighted by molar-refractivity contribution is -0.121. The van der Waals surface area contributed by atoms with Gasteiger partial charge in [0, 0.05) is 50.9 Å². The van der Waals surface area contributed by atoms with Gasteiger partial charge in [-0.15, -0.1) is 11.3 Å². The lowest BCUT2D eigenvalue weighted by atomic mass is 10.2. The fraction of sp³-hybridized carbons (Fsp3) is 0.304. The van der Waals surface area contributed by atoms with E-state index in [1.165, 1.54) is 11.3 Å². The van der Waals surface area contributed by atoms with Gasteiger partial charge in [0.15, 0.2) is 5.13 Å². The summed E-state index contributed by atoms with van der Waals surface area (Å²) in [6, 6.07) is 11.2. The minimum atomic E-state index is -0.252. The predicted molar refractivity (Wildman–Crippen MR) is 127 cm³/mol. The second-order valence-electron chi connectivity index (χ2n) is 7.03. The average molecular weight is 470 g/mol. The average Bonchev–Trinajstić information content (AvgIpc) is 3.32. The molecular weight excluding hydrogens is 442 g/mol. The Hall–Kier alpha value is -3.50. The highest BCUT2D eigenvalue weighted by atomic mass is 32.1. The molecule has 0 saturated heterocycles. The van der Waals surface area contributed by atoms with E-state index in [0.717, 1.165) is 11.3 Å². The molecule has 10 heteroatoms. The Balaban J connectivity index is 1.58. The van der Waals surface area contributed by atoms with E-state index in [0.29, 0.717) is 36.3 Å². The quantitative estimate of drug-likeness (QED) is 0.420. The van der Waals surface area contributed by atoms with Crippen molar-refractivity contribution in [2.24, 2.45) is 0 Å². The zero-order valence-electron chi connectivity index (χ0n) is 18.6. The SMILES string of the molecule is COCCN(CCC(=O)NCc1ccncc1)C(=O)c1csc(Nc2ccccc2OC)n1. The molecule has 0 radical (unpaired) electrons. The van der Waals surface area contributed by atoms with Crippen LogP contribution in [0.25, 0.3) is 0 Å². The first-order valence-electron chi connectivity index (χ1n) is 10.4. The van der Waals surface area contributed by atoms with Crippen molar-refractivity contribution in [1.82, 2.24) is 20.2 Å². The minimum Gasteiger partial charge on any atom is -0.495 e. The smallest absolute Gasteiger partial charge is 0.273 e. The molecular formula is C23H27N5O4S. The highest BCUT2D eigenvalue weighted by Gasteiger charge is 2.20. The number of nitrogens with zero attached hydrogens (tertiary/aromatic N) is 3. The number of hydrogen-bond acceptors (Lipinski definition) is 8. The van der Waals surface area contributed by atoms with Crippen molar-refractivity contribution in [1.29, 1.82) is 0 Å². The number of anilines is 2. The molecule has 2 N–H and O–H groups in total. The summed E-state index contributed by atoms with van der Waals surface area (Å²) in [6.07, 6.45) is 3.53. The topological polar surface area (TPSA) is 106 Å². The van der Waals surface area contributed by atoms with Crippen molar-refractivity contribution in [2.75, 3.05) is 39.2 Å². The largest absolute Gasteiger partial charge is 0.495 e. The van der Waals surface area contributed by atoms with Crippen molar-refractivity contribution in [3.8, 4) is 5.75 Å². The van der Waals surface area contributed by atoms with E-state index in [1.807, 2.05) is 36.4 Å². The van der Waals surface area contributed by atoms with Crippen molar-refractivity contribution < 1.29 is 19.1 Å². The summed E-state index contributed by atoms with van der Waals surface area (Å²) >= 11 is 1.32. The van der Waals surface area contributed by atoms with Gasteiger partial charge >= 0.3 is 0 Å². The molecule has 174 valence electrons. The van der Waals surface area contributed by atoms with Crippen molar-refractivity contribution in [2.45, 2.75) is 13.0 Å². The van der Waals surface area contributed by atoms with Crippen LogP contribution in [0.5, 0.6) is 5.75 Å². The van der Waals surface area contributed by atoms with E-state index in [1.54, 1.807) is 36.9 Å². The highest BCUT2D eigenvalue weighted by Crippen LogP contribution is 2.28. The summed E-state index contributed by atoms with van der Waals surface area (Å²) in [5.74, 6) is 0.289. The van der Waals surface area contributed by atoms with Crippen LogP contribution in [0.15, 0.2) is 54.2 Å². The monoisotopic (exact) mass is 469 g/mol. The number of carbonyl (C=O) groups excluding carboxylic acids is 2. The number of ether oxygens (including phenoxy) is 2. The Kier molecular flexibility index (Phi) is 9.16. The molecule has 2 amide bonds. The van der Waals surface area contributed by atoms with E-state index in [2.05, 4.69) is 20.6 Å². The van der Waals surface area contributed by atoms with Gasteiger partial charge < -0.3 is 25.0 Å². The first kappa shape index (κ1) is 24.1. The van der Waals surface area contributed by atoms with Crippen LogP contribution >= 0.6 is 11.3 Å². The molecule has 0 spiro atoms. The molecule has 3 rings (SSSR count). The van der Waals surface area contributed by atoms with Crippen LogP contribution in [0.2, 0.25) is 0 Å². The van der Waals surface area contributed by atoms with Gasteiger partial charge in [-0.05, 0) is 29.8 Å². The molecule has 0 atom stereocenters. The number of amides is 2. The molecule has 0 aliphatic heterocycles. The van der Waals surface area contributed by atoms with Gasteiger partial charge in [0.25, 0.3) is 5.91 Å². The molecule has 1 aromatic carbocycles. The fourth-order valence-corrected chi connectivity index (χ4v) is 3.69. The van der Waals surface area contributed by atoms with Gasteiger partial charge in [0.1, 0.15) is 11.4 Å². The number of para-hydroxylation sites is 2. The maximum atomic E-state index is 13.1. The standard InChI is InChI=1S/C23H27N5O4S/c1-31-14-13-28(12-9-21(29)25-15-17-7-10-24-11-8-17)22(30)19-16-33-23(27-19)26-18-5-3-4-6-20(18)32-2/h3-8,10-11,16H,9,12-15H2,1-2H3,(H,25,29)(H,26,27). The molecule has 33 heavy (non-hydrogen) atoms. The zero-order valence-corrected chi connectivity index (χ0v) is 19.4. The third kappa shape index (κ3) is 7.26. The first-order valence-corrected chi connectivity index (χ1v) is 11.3. The highest BCUT2D eigenvalue weighted by molar-refractivity contribution is 7.14. The maximum Gasteiger partial charge on any atom is 0.273 e. The van der Waals surface area contributed by atoms with E-state index in [9.17, 15) is 9.59 Å². The van der Waals surface area contributed by atoms with Crippen LogP contribution in [-0.2, 0) is 16.1 Å². The molecule has 3 aromatic rings. The predicted octanol–water partition coefficient (Wildman–Crippen LogP) is 3.09. The van der Waals surface area contributed by atoms with E-state index in [4.69, 9.17) is 9.47 Å². The van der Waals surface area contributed by atoms with Gasteiger partial charge in [-0.3, -0.25) is 14.6 Å². The molecule has 0 fully saturated rings. The summed E-state index contributed by atoms with van der Waals surface area (Å²) in [6.45, 7) is 1.40. The Labute approximate surface area is 196 Å². The van der Waals surface area contributed by atoms with Crippen molar-refractivity contribution >= 4 is 34.0 Å². The summed E-state index contributed by atoms with van der Waals surface area (Å²) in [7, 11) is 3.17. The third-order valence-corrected chi connectivity index (χ3v) is 5.53. The van der Waals surface area contributed by atoms with Crippen LogP contribution < -0.4 is 15.4 Å². The summed E-state index contributed by atoms with van der Waals surface area (Å²) in [5, 5.41) is 8.31. The number of carbonyl (C=O) groups is 2. The van der Waals surface area contributed by atoms with E-state index >= 15 is 0 Å². The van der Waals surface area contributed by atoms with Gasteiger partial charge in [0.05, 0.1) is 19.4 Å². The molecule has 0 bridgehead atoms. The van der Waals surface area contributed by atoms with Crippen LogP contribution in [-0.4, -0.2) is 60.6 Å². The summed E-state index contributed by atoms with van der Waals surface area (Å²) in [5.41, 5.74) is 2.03. The Bertz CT molecular complexity index is 1040. The molecule has 2 aromatic heterocycles. The maximum absolute atomic E-state index is 13.1. The van der Waals surface area contributed by atoms with E-state index < -0.39 is 0 Å². The van der Waals surface area contributed by atoms with Gasteiger partial charge in [0.2, 0.25) is 5.91 Å². The normalized spacial score (nSPS) is 10.5. The second-order valence-corrected chi connectivity index (χ2v) is 7.89. The number of benzene rings is 1. The molecule has 0 aliphatic rings. The lowest BCUT2D eigenvalue weighted by Crippen LogP contribution is -2.37. The van der Waals surface area contributed by atoms with Gasteiger partial charge in [-0.2, -0.15) is 0 Å². The summed E-state index contributed by atoms with van der Waals surface area (Å²) in [4.78, 5) is 35.3.